The first-order valence-corrected chi connectivity index (χ1v) is 7.71. The number of fused-ring (bicyclic) bond motifs is 2. The summed E-state index contributed by atoms with van der Waals surface area (Å²) in [5, 5.41) is 2.60. The van der Waals surface area contributed by atoms with Crippen molar-refractivity contribution in [3.05, 3.63) is 77.6 Å². The van der Waals surface area contributed by atoms with E-state index in [0.717, 1.165) is 29.7 Å². The van der Waals surface area contributed by atoms with Crippen LogP contribution in [-0.2, 0) is 12.8 Å². The van der Waals surface area contributed by atoms with Crippen molar-refractivity contribution < 1.29 is 0 Å². The smallest absolute Gasteiger partial charge is 0.107 e. The molecule has 0 unspecified atom stereocenters. The van der Waals surface area contributed by atoms with Crippen molar-refractivity contribution in [3.8, 4) is 0 Å². The monoisotopic (exact) mass is 286 g/mol. The van der Waals surface area contributed by atoms with Crippen molar-refractivity contribution in [2.45, 2.75) is 19.8 Å². The number of para-hydroxylation sites is 1. The molecule has 1 heterocycles. The topological polar surface area (TPSA) is 28.7 Å². The third-order valence-corrected chi connectivity index (χ3v) is 4.23. The summed E-state index contributed by atoms with van der Waals surface area (Å²) in [5.41, 5.74) is 4.81. The third kappa shape index (κ3) is 2.37. The van der Waals surface area contributed by atoms with Crippen LogP contribution in [0.5, 0.6) is 0 Å². The molecule has 3 aromatic carbocycles. The van der Waals surface area contributed by atoms with Crippen LogP contribution in [0, 0.1) is 6.92 Å². The zero-order chi connectivity index (χ0) is 14.9. The summed E-state index contributed by atoms with van der Waals surface area (Å²) in [6.45, 7) is 2.11. The Bertz CT molecular complexity index is 950. The van der Waals surface area contributed by atoms with Crippen molar-refractivity contribution >= 4 is 21.8 Å². The summed E-state index contributed by atoms with van der Waals surface area (Å²) in [6, 6.07) is 21.5. The number of imidazole rings is 1. The zero-order valence-corrected chi connectivity index (χ0v) is 12.6. The molecule has 2 heteroatoms. The van der Waals surface area contributed by atoms with Gasteiger partial charge in [0.25, 0.3) is 0 Å². The number of nitrogens with one attached hydrogen (secondary N) is 1. The van der Waals surface area contributed by atoms with E-state index < -0.39 is 0 Å². The molecule has 0 radical (unpaired) electrons. The fraction of sp³-hybridized carbons (Fsp3) is 0.150. The Labute approximate surface area is 129 Å². The molecular weight excluding hydrogens is 268 g/mol. The normalized spacial score (nSPS) is 11.3. The molecule has 0 spiro atoms. The van der Waals surface area contributed by atoms with Gasteiger partial charge in [-0.3, -0.25) is 0 Å². The maximum Gasteiger partial charge on any atom is 0.107 e. The van der Waals surface area contributed by atoms with Crippen LogP contribution in [0.1, 0.15) is 17.0 Å². The van der Waals surface area contributed by atoms with Crippen molar-refractivity contribution in [1.29, 1.82) is 0 Å². The lowest BCUT2D eigenvalue weighted by molar-refractivity contribution is 0.891. The minimum atomic E-state index is 0.937. The molecule has 0 saturated carbocycles. The molecule has 1 N–H and O–H groups in total. The van der Waals surface area contributed by atoms with E-state index in [4.69, 9.17) is 4.98 Å². The standard InChI is InChI=1S/C20H18N2/c1-14-5-4-8-18-20(14)22-19(21-18)12-10-15-9-11-16-6-2-3-7-17(16)13-15/h2-9,11,13H,10,12H2,1H3,(H,21,22). The Kier molecular flexibility index (Phi) is 3.15. The summed E-state index contributed by atoms with van der Waals surface area (Å²) in [6.07, 6.45) is 1.94. The Morgan fingerprint density at radius 3 is 2.59 bits per heavy atom. The molecule has 0 bridgehead atoms. The summed E-state index contributed by atoms with van der Waals surface area (Å²) < 4.78 is 0. The van der Waals surface area contributed by atoms with Gasteiger partial charge in [-0.25, -0.2) is 4.98 Å². The number of H-pyrrole nitrogens is 1. The van der Waals surface area contributed by atoms with Gasteiger partial charge in [0.2, 0.25) is 0 Å². The maximum atomic E-state index is 4.73. The van der Waals surface area contributed by atoms with E-state index in [-0.39, 0.29) is 0 Å². The van der Waals surface area contributed by atoms with Gasteiger partial charge in [0.1, 0.15) is 5.82 Å². The van der Waals surface area contributed by atoms with Gasteiger partial charge in [-0.15, -0.1) is 0 Å². The van der Waals surface area contributed by atoms with Crippen LogP contribution in [0.3, 0.4) is 0 Å². The van der Waals surface area contributed by atoms with Crippen LogP contribution in [-0.4, -0.2) is 9.97 Å². The third-order valence-electron chi connectivity index (χ3n) is 4.23. The van der Waals surface area contributed by atoms with Gasteiger partial charge < -0.3 is 4.98 Å². The van der Waals surface area contributed by atoms with Gasteiger partial charge in [-0.1, -0.05) is 54.6 Å². The van der Waals surface area contributed by atoms with Gasteiger partial charge in [0.15, 0.2) is 0 Å². The number of hydrogen-bond acceptors (Lipinski definition) is 1. The predicted molar refractivity (Wildman–Crippen MR) is 92.2 cm³/mol. The highest BCUT2D eigenvalue weighted by Crippen LogP contribution is 2.19. The molecular formula is C20H18N2. The van der Waals surface area contributed by atoms with E-state index in [1.54, 1.807) is 0 Å². The minimum absolute atomic E-state index is 0.937. The number of aryl methyl sites for hydroxylation is 3. The molecule has 0 saturated heterocycles. The highest BCUT2D eigenvalue weighted by atomic mass is 14.9. The molecule has 1 aromatic heterocycles. The molecule has 2 nitrogen and oxygen atoms in total. The van der Waals surface area contributed by atoms with E-state index >= 15 is 0 Å². The van der Waals surface area contributed by atoms with E-state index in [9.17, 15) is 0 Å². The first-order chi connectivity index (χ1) is 10.8. The van der Waals surface area contributed by atoms with E-state index in [0.29, 0.717) is 0 Å². The number of aromatic amines is 1. The second kappa shape index (κ2) is 5.30. The fourth-order valence-electron chi connectivity index (χ4n) is 3.00. The van der Waals surface area contributed by atoms with E-state index in [1.165, 1.54) is 21.9 Å². The van der Waals surface area contributed by atoms with Gasteiger partial charge in [-0.2, -0.15) is 0 Å². The highest BCUT2D eigenvalue weighted by molar-refractivity contribution is 5.83. The number of rotatable bonds is 3. The summed E-state index contributed by atoms with van der Waals surface area (Å²) >= 11 is 0. The molecule has 0 aliphatic rings. The number of nitrogens with zero attached hydrogens (tertiary/aromatic N) is 1. The molecule has 108 valence electrons. The first-order valence-electron chi connectivity index (χ1n) is 7.71. The van der Waals surface area contributed by atoms with E-state index in [1.807, 2.05) is 0 Å². The number of aromatic nitrogens is 2. The molecule has 0 atom stereocenters. The Hall–Kier alpha value is -2.61. The Balaban J connectivity index is 1.58. The molecule has 0 aliphatic heterocycles. The average molecular weight is 286 g/mol. The summed E-state index contributed by atoms with van der Waals surface area (Å²) in [5.74, 6) is 1.07. The van der Waals surface area contributed by atoms with Crippen molar-refractivity contribution in [2.75, 3.05) is 0 Å². The van der Waals surface area contributed by atoms with Crippen molar-refractivity contribution in [3.63, 3.8) is 0 Å². The number of benzene rings is 3. The average Bonchev–Trinajstić information content (AvgIpc) is 2.97. The lowest BCUT2D eigenvalue weighted by Crippen LogP contribution is -1.93. The quantitative estimate of drug-likeness (QED) is 0.575. The molecule has 4 aromatic rings. The summed E-state index contributed by atoms with van der Waals surface area (Å²) in [4.78, 5) is 8.17. The van der Waals surface area contributed by atoms with Gasteiger partial charge in [0.05, 0.1) is 11.0 Å². The molecule has 22 heavy (non-hydrogen) atoms. The lowest BCUT2D eigenvalue weighted by Gasteiger charge is -2.02. The lowest BCUT2D eigenvalue weighted by atomic mass is 10.0. The maximum absolute atomic E-state index is 4.73. The second-order valence-electron chi connectivity index (χ2n) is 5.84. The zero-order valence-electron chi connectivity index (χ0n) is 12.6. The number of hydrogen-bond donors (Lipinski definition) is 1. The molecule has 4 rings (SSSR count). The van der Waals surface area contributed by atoms with E-state index in [2.05, 4.69) is 72.6 Å². The molecule has 0 amide bonds. The van der Waals surface area contributed by atoms with Crippen LogP contribution >= 0.6 is 0 Å². The largest absolute Gasteiger partial charge is 0.342 e. The van der Waals surface area contributed by atoms with Gasteiger partial charge in [0, 0.05) is 6.42 Å². The second-order valence-corrected chi connectivity index (χ2v) is 5.84. The van der Waals surface area contributed by atoms with Gasteiger partial charge in [-0.05, 0) is 41.3 Å². The molecule has 0 aliphatic carbocycles. The fourth-order valence-corrected chi connectivity index (χ4v) is 3.00. The minimum Gasteiger partial charge on any atom is -0.342 e. The van der Waals surface area contributed by atoms with Crippen LogP contribution in [0.2, 0.25) is 0 Å². The Morgan fingerprint density at radius 2 is 1.73 bits per heavy atom. The SMILES string of the molecule is Cc1cccc2[nH]c(CCc3ccc4ccccc4c3)nc12. The predicted octanol–water partition coefficient (Wildman–Crippen LogP) is 4.81. The van der Waals surface area contributed by atoms with Crippen LogP contribution in [0.15, 0.2) is 60.7 Å². The van der Waals surface area contributed by atoms with Crippen LogP contribution in [0.4, 0.5) is 0 Å². The van der Waals surface area contributed by atoms with Crippen LogP contribution < -0.4 is 0 Å². The highest BCUT2D eigenvalue weighted by Gasteiger charge is 2.05. The van der Waals surface area contributed by atoms with Crippen LogP contribution in [0.25, 0.3) is 21.8 Å². The Morgan fingerprint density at radius 1 is 0.864 bits per heavy atom. The first kappa shape index (κ1) is 13.1. The summed E-state index contributed by atoms with van der Waals surface area (Å²) in [7, 11) is 0. The van der Waals surface area contributed by atoms with Crippen molar-refractivity contribution in [1.82, 2.24) is 9.97 Å². The molecule has 0 fully saturated rings. The van der Waals surface area contributed by atoms with Gasteiger partial charge >= 0.3 is 0 Å². The van der Waals surface area contributed by atoms with Crippen molar-refractivity contribution in [2.24, 2.45) is 0 Å².